The number of anilines is 1. The molecule has 1 aliphatic carbocycles. The van der Waals surface area contributed by atoms with Crippen LogP contribution in [0.25, 0.3) is 0 Å². The molecule has 2 amide bonds. The van der Waals surface area contributed by atoms with Crippen LogP contribution in [0.4, 0.5) is 27.6 Å². The highest BCUT2D eigenvalue weighted by Crippen LogP contribution is 2.65. The normalized spacial score (nSPS) is 19.6. The van der Waals surface area contributed by atoms with Gasteiger partial charge in [0, 0.05) is 11.6 Å². The Balaban J connectivity index is 1.74. The highest BCUT2D eigenvalue weighted by molar-refractivity contribution is 6.53. The third-order valence-corrected chi connectivity index (χ3v) is 5.84. The molecule has 12 heteroatoms. The van der Waals surface area contributed by atoms with Crippen LogP contribution < -0.4 is 10.6 Å². The molecule has 2 aromatic carbocycles. The molecular formula is C19H12Cl3F5N2O2. The van der Waals surface area contributed by atoms with Crippen LogP contribution >= 0.6 is 34.8 Å². The number of carbonyl (C=O) groups excluding carboxylic acids is 2. The van der Waals surface area contributed by atoms with Gasteiger partial charge in [0.05, 0.1) is 16.5 Å². The van der Waals surface area contributed by atoms with Crippen molar-refractivity contribution in [2.45, 2.75) is 16.4 Å². The quantitative estimate of drug-likeness (QED) is 0.424. The molecule has 31 heavy (non-hydrogen) atoms. The lowest BCUT2D eigenvalue weighted by molar-refractivity contribution is -0.123. The van der Waals surface area contributed by atoms with Crippen molar-refractivity contribution in [3.63, 3.8) is 0 Å². The van der Waals surface area contributed by atoms with Crippen LogP contribution in [0.3, 0.4) is 0 Å². The molecule has 0 heterocycles. The second-order valence-corrected chi connectivity index (χ2v) is 8.64. The number of nitrogens with one attached hydrogen (secondary N) is 2. The van der Waals surface area contributed by atoms with Crippen molar-refractivity contribution in [2.24, 2.45) is 5.92 Å². The van der Waals surface area contributed by atoms with E-state index in [1.165, 1.54) is 18.2 Å². The zero-order valence-electron chi connectivity index (χ0n) is 15.2. The lowest BCUT2D eigenvalue weighted by Crippen LogP contribution is -2.33. The summed E-state index contributed by atoms with van der Waals surface area (Å²) in [4.78, 5) is 24.6. The second kappa shape index (κ2) is 8.44. The average molecular weight is 502 g/mol. The first-order valence-electron chi connectivity index (χ1n) is 8.59. The van der Waals surface area contributed by atoms with E-state index in [0.717, 1.165) is 18.2 Å². The zero-order valence-corrected chi connectivity index (χ0v) is 17.4. The summed E-state index contributed by atoms with van der Waals surface area (Å²) in [5.74, 6) is -5.83. The molecule has 2 atom stereocenters. The number of amides is 2. The van der Waals surface area contributed by atoms with Crippen LogP contribution in [0.5, 0.6) is 0 Å². The van der Waals surface area contributed by atoms with E-state index in [1.807, 2.05) is 0 Å². The summed E-state index contributed by atoms with van der Waals surface area (Å²) >= 11 is 18.2. The summed E-state index contributed by atoms with van der Waals surface area (Å²) in [6.07, 6.45) is -4.61. The molecule has 3 rings (SSSR count). The Labute approximate surface area is 187 Å². The molecule has 0 spiro atoms. The van der Waals surface area contributed by atoms with Crippen molar-refractivity contribution in [2.75, 3.05) is 11.9 Å². The summed E-state index contributed by atoms with van der Waals surface area (Å²) in [6, 6.07) is 6.64. The van der Waals surface area contributed by atoms with E-state index in [2.05, 4.69) is 5.32 Å². The molecule has 0 unspecified atom stereocenters. The van der Waals surface area contributed by atoms with Gasteiger partial charge in [0.25, 0.3) is 5.91 Å². The van der Waals surface area contributed by atoms with Crippen molar-refractivity contribution in [1.82, 2.24) is 5.32 Å². The first kappa shape index (κ1) is 23.6. The molecule has 0 aromatic heterocycles. The molecule has 2 aromatic rings. The summed E-state index contributed by atoms with van der Waals surface area (Å²) in [5.41, 5.74) is -0.0290. The monoisotopic (exact) mass is 500 g/mol. The van der Waals surface area contributed by atoms with Gasteiger partial charge in [-0.2, -0.15) is 13.2 Å². The van der Waals surface area contributed by atoms with E-state index in [4.69, 9.17) is 34.8 Å². The van der Waals surface area contributed by atoms with Crippen molar-refractivity contribution >= 4 is 52.3 Å². The van der Waals surface area contributed by atoms with Gasteiger partial charge >= 0.3 is 6.18 Å². The van der Waals surface area contributed by atoms with Crippen LogP contribution in [-0.2, 0) is 4.79 Å². The molecule has 4 nitrogen and oxygen atoms in total. The minimum atomic E-state index is -4.61. The van der Waals surface area contributed by atoms with Crippen molar-refractivity contribution in [3.8, 4) is 0 Å². The van der Waals surface area contributed by atoms with Gasteiger partial charge in [0.15, 0.2) is 11.6 Å². The van der Waals surface area contributed by atoms with Crippen molar-refractivity contribution < 1.29 is 31.5 Å². The summed E-state index contributed by atoms with van der Waals surface area (Å²) in [5, 5.41) is 3.99. The zero-order chi connectivity index (χ0) is 23.1. The second-order valence-electron chi connectivity index (χ2n) is 6.79. The van der Waals surface area contributed by atoms with Gasteiger partial charge in [-0.3, -0.25) is 9.59 Å². The topological polar surface area (TPSA) is 58.2 Å². The van der Waals surface area contributed by atoms with Gasteiger partial charge in [-0.15, -0.1) is 23.2 Å². The smallest absolute Gasteiger partial charge is 0.343 e. The van der Waals surface area contributed by atoms with Crippen LogP contribution in [0.2, 0.25) is 5.02 Å². The Morgan fingerprint density at radius 2 is 1.71 bits per heavy atom. The SMILES string of the molecule is O=C(NCC(F)(F)F)c1cc(NC(=O)[C@H]2[C@H](c3ccc(F)c(F)c3)C2(Cl)Cl)ccc1Cl. The molecule has 0 saturated heterocycles. The van der Waals surface area contributed by atoms with Gasteiger partial charge in [0.2, 0.25) is 5.91 Å². The van der Waals surface area contributed by atoms with Gasteiger partial charge < -0.3 is 10.6 Å². The molecule has 1 saturated carbocycles. The molecular weight excluding hydrogens is 490 g/mol. The summed E-state index contributed by atoms with van der Waals surface area (Å²) in [6.45, 7) is -1.56. The van der Waals surface area contributed by atoms with Gasteiger partial charge in [-0.05, 0) is 35.9 Å². The van der Waals surface area contributed by atoms with E-state index in [1.54, 1.807) is 5.32 Å². The van der Waals surface area contributed by atoms with E-state index in [-0.39, 0.29) is 21.8 Å². The maximum absolute atomic E-state index is 13.5. The molecule has 0 radical (unpaired) electrons. The number of halogens is 8. The molecule has 0 bridgehead atoms. The maximum Gasteiger partial charge on any atom is 0.405 e. The Hall–Kier alpha value is -2.10. The Morgan fingerprint density at radius 1 is 1.03 bits per heavy atom. The van der Waals surface area contributed by atoms with E-state index in [9.17, 15) is 31.5 Å². The Morgan fingerprint density at radius 3 is 2.32 bits per heavy atom. The lowest BCUT2D eigenvalue weighted by Gasteiger charge is -2.11. The first-order chi connectivity index (χ1) is 14.3. The Bertz CT molecular complexity index is 1050. The average Bonchev–Trinajstić information content (AvgIpc) is 3.25. The number of benzene rings is 2. The minimum absolute atomic E-state index is 0.0478. The number of carbonyl (C=O) groups is 2. The predicted octanol–water partition coefficient (Wildman–Crippen LogP) is 5.44. The summed E-state index contributed by atoms with van der Waals surface area (Å²) < 4.78 is 62.0. The molecule has 166 valence electrons. The standard InChI is InChI=1S/C19H12Cl3F5N2O2/c20-11-3-2-9(6-10(11)16(30)28-7-18(25,26)27)29-17(31)15-14(19(15,21)22)8-1-4-12(23)13(24)5-8/h1-6,14-15H,7H2,(H,28,30)(H,29,31)/t14-,15+/m0/s1. The van der Waals surface area contributed by atoms with Gasteiger partial charge in [0.1, 0.15) is 10.9 Å². The van der Waals surface area contributed by atoms with E-state index in [0.29, 0.717) is 0 Å². The summed E-state index contributed by atoms with van der Waals surface area (Å²) in [7, 11) is 0. The third-order valence-electron chi connectivity index (χ3n) is 4.57. The first-order valence-corrected chi connectivity index (χ1v) is 9.73. The Kier molecular flexibility index (Phi) is 6.42. The fourth-order valence-electron chi connectivity index (χ4n) is 3.05. The van der Waals surface area contributed by atoms with Gasteiger partial charge in [-0.1, -0.05) is 17.7 Å². The number of hydrogen-bond donors (Lipinski definition) is 2. The lowest BCUT2D eigenvalue weighted by atomic mass is 10.1. The van der Waals surface area contributed by atoms with E-state index < -0.39 is 52.3 Å². The number of alkyl halides is 5. The van der Waals surface area contributed by atoms with Crippen LogP contribution in [0.15, 0.2) is 36.4 Å². The maximum atomic E-state index is 13.5. The van der Waals surface area contributed by atoms with Crippen LogP contribution in [0, 0.1) is 17.6 Å². The fraction of sp³-hybridized carbons (Fsp3) is 0.263. The van der Waals surface area contributed by atoms with Gasteiger partial charge in [-0.25, -0.2) is 8.78 Å². The van der Waals surface area contributed by atoms with Crippen LogP contribution in [-0.4, -0.2) is 28.9 Å². The minimum Gasteiger partial charge on any atom is -0.343 e. The van der Waals surface area contributed by atoms with E-state index >= 15 is 0 Å². The number of rotatable bonds is 5. The van der Waals surface area contributed by atoms with Crippen molar-refractivity contribution in [3.05, 3.63) is 64.2 Å². The third kappa shape index (κ3) is 5.22. The molecule has 1 fully saturated rings. The molecule has 0 aliphatic heterocycles. The molecule has 1 aliphatic rings. The van der Waals surface area contributed by atoms with Crippen LogP contribution in [0.1, 0.15) is 21.8 Å². The largest absolute Gasteiger partial charge is 0.405 e. The highest BCUT2D eigenvalue weighted by atomic mass is 35.5. The molecule has 2 N–H and O–H groups in total. The predicted molar refractivity (Wildman–Crippen MR) is 105 cm³/mol. The highest BCUT2D eigenvalue weighted by Gasteiger charge is 2.67. The van der Waals surface area contributed by atoms with Crippen molar-refractivity contribution in [1.29, 1.82) is 0 Å². The fourth-order valence-corrected chi connectivity index (χ4v) is 4.08. The number of hydrogen-bond acceptors (Lipinski definition) is 2.